The molecule has 1 aliphatic heterocycles. The fourth-order valence-electron chi connectivity index (χ4n) is 4.04. The molecule has 0 saturated carbocycles. The van der Waals surface area contributed by atoms with Crippen molar-refractivity contribution in [1.82, 2.24) is 19.9 Å². The number of aromatic amines is 1. The summed E-state index contributed by atoms with van der Waals surface area (Å²) >= 11 is 6.05. The Morgan fingerprint density at radius 1 is 1.09 bits per heavy atom. The Morgan fingerprint density at radius 3 is 2.52 bits per heavy atom. The van der Waals surface area contributed by atoms with E-state index in [0.717, 1.165) is 39.5 Å². The molecule has 8 nitrogen and oxygen atoms in total. The van der Waals surface area contributed by atoms with E-state index in [4.69, 9.17) is 16.3 Å². The Hall–Kier alpha value is -3.49. The predicted molar refractivity (Wildman–Crippen MR) is 126 cm³/mol. The highest BCUT2D eigenvalue weighted by Crippen LogP contribution is 2.28. The summed E-state index contributed by atoms with van der Waals surface area (Å²) < 4.78 is 4.71. The number of esters is 1. The Bertz CT molecular complexity index is 1300. The van der Waals surface area contributed by atoms with Gasteiger partial charge >= 0.3 is 5.97 Å². The molecule has 4 heterocycles. The van der Waals surface area contributed by atoms with E-state index in [9.17, 15) is 9.90 Å². The monoisotopic (exact) mass is 463 g/mol. The van der Waals surface area contributed by atoms with Crippen LogP contribution in [0.3, 0.4) is 0 Å². The van der Waals surface area contributed by atoms with Gasteiger partial charge in [0, 0.05) is 54.5 Å². The number of ether oxygens (including phenoxy) is 1. The van der Waals surface area contributed by atoms with E-state index >= 15 is 0 Å². The van der Waals surface area contributed by atoms with Gasteiger partial charge in [0.25, 0.3) is 0 Å². The molecule has 1 fully saturated rings. The quantitative estimate of drug-likeness (QED) is 0.443. The number of anilines is 1. The first-order valence-corrected chi connectivity index (χ1v) is 11.0. The minimum Gasteiger partial charge on any atom is -0.467 e. The molecule has 0 aliphatic carbocycles. The van der Waals surface area contributed by atoms with Crippen LogP contribution in [-0.2, 0) is 9.53 Å². The number of hydrogen-bond acceptors (Lipinski definition) is 7. The Morgan fingerprint density at radius 2 is 1.85 bits per heavy atom. The topological polar surface area (TPSA) is 104 Å². The van der Waals surface area contributed by atoms with Crippen molar-refractivity contribution in [1.29, 1.82) is 0 Å². The highest BCUT2D eigenvalue weighted by atomic mass is 35.5. The zero-order valence-corrected chi connectivity index (χ0v) is 18.7. The fraction of sp³-hybridized carbons (Fsp3) is 0.250. The number of rotatable bonds is 4. The summed E-state index contributed by atoms with van der Waals surface area (Å²) in [5.74, 6) is 0.950. The van der Waals surface area contributed by atoms with Gasteiger partial charge in [-0.05, 0) is 42.5 Å². The number of hydrogen-bond donors (Lipinski definition) is 2. The molecule has 9 heteroatoms. The zero-order chi connectivity index (χ0) is 23.0. The van der Waals surface area contributed by atoms with Gasteiger partial charge in [-0.15, -0.1) is 0 Å². The van der Waals surface area contributed by atoms with Gasteiger partial charge in [0.05, 0.1) is 23.8 Å². The first kappa shape index (κ1) is 21.4. The molecule has 2 N–H and O–H groups in total. The number of H-pyrrole nitrogens is 1. The summed E-state index contributed by atoms with van der Waals surface area (Å²) in [7, 11) is 1.29. The number of halogens is 1. The van der Waals surface area contributed by atoms with Gasteiger partial charge in [-0.25, -0.2) is 14.8 Å². The van der Waals surface area contributed by atoms with Gasteiger partial charge in [-0.1, -0.05) is 11.6 Å². The number of nitrogens with one attached hydrogen (secondary N) is 1. The maximum atomic E-state index is 11.8. The smallest absolute Gasteiger partial charge is 0.337 e. The normalized spacial score (nSPS) is 15.5. The molecule has 0 bridgehead atoms. The number of nitrogens with zero attached hydrogens (tertiary/aromatic N) is 4. The van der Waals surface area contributed by atoms with Crippen LogP contribution in [0, 0.1) is 0 Å². The molecule has 5 rings (SSSR count). The molecule has 0 atom stereocenters. The first-order chi connectivity index (χ1) is 15.9. The minimum absolute atomic E-state index is 0.306. The molecule has 1 saturated heterocycles. The average molecular weight is 464 g/mol. The SMILES string of the molecule is COC(=O)C1(O)CCN(c2ccc(-c3ccc(-c4nc5cc(Cl)ccc5[nH]4)cn3)cn2)CC1. The first-order valence-electron chi connectivity index (χ1n) is 10.6. The number of imidazole rings is 1. The minimum atomic E-state index is -1.41. The summed E-state index contributed by atoms with van der Waals surface area (Å²) in [5.41, 5.74) is 2.88. The van der Waals surface area contributed by atoms with Crippen molar-refractivity contribution in [3.05, 3.63) is 59.9 Å². The van der Waals surface area contributed by atoms with Gasteiger partial charge in [0.2, 0.25) is 0 Å². The Kier molecular flexibility index (Phi) is 5.47. The van der Waals surface area contributed by atoms with Crippen molar-refractivity contribution < 1.29 is 14.6 Å². The van der Waals surface area contributed by atoms with Crippen LogP contribution in [0.15, 0.2) is 54.9 Å². The molecule has 1 aliphatic rings. The highest BCUT2D eigenvalue weighted by Gasteiger charge is 2.40. The van der Waals surface area contributed by atoms with E-state index < -0.39 is 11.6 Å². The van der Waals surface area contributed by atoms with Crippen molar-refractivity contribution in [3.8, 4) is 22.6 Å². The lowest BCUT2D eigenvalue weighted by Gasteiger charge is -2.36. The number of benzene rings is 1. The molecule has 33 heavy (non-hydrogen) atoms. The third-order valence-corrected chi connectivity index (χ3v) is 6.24. The number of fused-ring (bicyclic) bond motifs is 1. The summed E-state index contributed by atoms with van der Waals surface area (Å²) in [4.78, 5) is 30.9. The second-order valence-electron chi connectivity index (χ2n) is 8.09. The van der Waals surface area contributed by atoms with Crippen molar-refractivity contribution in [2.45, 2.75) is 18.4 Å². The Balaban J connectivity index is 1.29. The number of carbonyl (C=O) groups excluding carboxylic acids is 1. The van der Waals surface area contributed by atoms with Crippen LogP contribution in [0.1, 0.15) is 12.8 Å². The van der Waals surface area contributed by atoms with E-state index in [0.29, 0.717) is 31.0 Å². The predicted octanol–water partition coefficient (Wildman–Crippen LogP) is 3.84. The number of pyridine rings is 2. The lowest BCUT2D eigenvalue weighted by molar-refractivity contribution is -0.164. The van der Waals surface area contributed by atoms with Crippen LogP contribution in [-0.4, -0.2) is 56.8 Å². The van der Waals surface area contributed by atoms with E-state index in [1.54, 1.807) is 12.4 Å². The maximum absolute atomic E-state index is 11.8. The van der Waals surface area contributed by atoms with Gasteiger partial charge < -0.3 is 19.7 Å². The highest BCUT2D eigenvalue weighted by molar-refractivity contribution is 6.31. The zero-order valence-electron chi connectivity index (χ0n) is 18.0. The van der Waals surface area contributed by atoms with E-state index in [1.807, 2.05) is 47.4 Å². The third-order valence-electron chi connectivity index (χ3n) is 6.01. The molecule has 1 aromatic carbocycles. The number of piperidine rings is 1. The number of methoxy groups -OCH3 is 1. The summed E-state index contributed by atoms with van der Waals surface area (Å²) in [6, 6.07) is 13.3. The molecular formula is C24H22ClN5O3. The number of aliphatic hydroxyl groups is 1. The fourth-order valence-corrected chi connectivity index (χ4v) is 4.21. The molecule has 4 aromatic rings. The largest absolute Gasteiger partial charge is 0.467 e. The summed E-state index contributed by atoms with van der Waals surface area (Å²) in [6.07, 6.45) is 4.17. The van der Waals surface area contributed by atoms with E-state index in [1.165, 1.54) is 7.11 Å². The van der Waals surface area contributed by atoms with Crippen molar-refractivity contribution in [3.63, 3.8) is 0 Å². The maximum Gasteiger partial charge on any atom is 0.337 e. The van der Waals surface area contributed by atoms with Crippen LogP contribution >= 0.6 is 11.6 Å². The summed E-state index contributed by atoms with van der Waals surface area (Å²) in [5, 5.41) is 11.1. The second kappa shape index (κ2) is 8.46. The van der Waals surface area contributed by atoms with Crippen molar-refractivity contribution in [2.24, 2.45) is 0 Å². The molecule has 0 radical (unpaired) electrons. The van der Waals surface area contributed by atoms with Crippen LogP contribution in [0.4, 0.5) is 5.82 Å². The Labute approximate surface area is 195 Å². The second-order valence-corrected chi connectivity index (χ2v) is 8.53. The average Bonchev–Trinajstić information content (AvgIpc) is 3.27. The third kappa shape index (κ3) is 4.15. The molecular weight excluding hydrogens is 442 g/mol. The number of carbonyl (C=O) groups is 1. The molecule has 168 valence electrons. The lowest BCUT2D eigenvalue weighted by Crippen LogP contribution is -2.50. The molecule has 0 amide bonds. The lowest BCUT2D eigenvalue weighted by atomic mass is 9.91. The van der Waals surface area contributed by atoms with Crippen LogP contribution in [0.25, 0.3) is 33.7 Å². The van der Waals surface area contributed by atoms with Gasteiger partial charge in [0.15, 0.2) is 5.60 Å². The molecule has 0 unspecified atom stereocenters. The van der Waals surface area contributed by atoms with Crippen LogP contribution in [0.2, 0.25) is 5.02 Å². The van der Waals surface area contributed by atoms with Crippen molar-refractivity contribution >= 4 is 34.4 Å². The van der Waals surface area contributed by atoms with Crippen LogP contribution < -0.4 is 4.90 Å². The van der Waals surface area contributed by atoms with Gasteiger partial charge in [-0.3, -0.25) is 4.98 Å². The van der Waals surface area contributed by atoms with E-state index in [-0.39, 0.29) is 0 Å². The molecule has 3 aromatic heterocycles. The summed E-state index contributed by atoms with van der Waals surface area (Å²) in [6.45, 7) is 1.04. The van der Waals surface area contributed by atoms with Crippen molar-refractivity contribution in [2.75, 3.05) is 25.1 Å². The van der Waals surface area contributed by atoms with Gasteiger partial charge in [0.1, 0.15) is 11.6 Å². The van der Waals surface area contributed by atoms with E-state index in [2.05, 4.69) is 19.9 Å². The number of aromatic nitrogens is 4. The standard InChI is InChI=1S/C24H22ClN5O3/c1-33-23(31)24(32)8-10-30(11-9-24)21-7-3-15(13-27-21)18-5-2-16(14-26-18)22-28-19-6-4-17(25)12-20(19)29-22/h2-7,12-14,32H,8-11H2,1H3,(H,28,29). The molecule has 0 spiro atoms. The van der Waals surface area contributed by atoms with Gasteiger partial charge in [-0.2, -0.15) is 0 Å². The van der Waals surface area contributed by atoms with Crippen LogP contribution in [0.5, 0.6) is 0 Å².